The molecule has 1 unspecified atom stereocenters. The predicted octanol–water partition coefficient (Wildman–Crippen LogP) is -2.19. The van der Waals surface area contributed by atoms with Gasteiger partial charge in [-0.3, -0.25) is 43.8 Å². The molecule has 4 aromatic rings. The molecule has 2 atom stereocenters. The molecule has 0 aliphatic carbocycles. The molecule has 1 aliphatic rings. The number of aliphatic carboxylic acids is 4. The zero-order valence-corrected chi connectivity index (χ0v) is 42.8. The Bertz CT molecular complexity index is 2660. The first-order valence-electron chi connectivity index (χ1n) is 25.4. The van der Waals surface area contributed by atoms with Crippen LogP contribution in [0.3, 0.4) is 0 Å². The lowest BCUT2D eigenvalue weighted by atomic mass is 10.0. The highest BCUT2D eigenvalue weighted by Gasteiger charge is 2.25. The Kier molecular flexibility index (Phi) is 25.4. The molecule has 0 saturated carbocycles. The van der Waals surface area contributed by atoms with Crippen molar-refractivity contribution in [3.8, 4) is 0 Å². The van der Waals surface area contributed by atoms with E-state index < -0.39 is 54.0 Å². The number of H-pyrrole nitrogens is 1. The Balaban J connectivity index is 0.871. The number of fused-ring (bicyclic) bond motifs is 3. The molecule has 2 bridgehead atoms. The fraction of sp³-hybridized carbons (Fsp3) is 0.529. The molecule has 1 aliphatic heterocycles. The third kappa shape index (κ3) is 22.4. The number of nitrogens with one attached hydrogen (secondary N) is 3. The Labute approximate surface area is 443 Å². The molecule has 0 spiro atoms. The van der Waals surface area contributed by atoms with Crippen molar-refractivity contribution in [1.29, 1.82) is 0 Å². The van der Waals surface area contributed by atoms with Gasteiger partial charge in [0.15, 0.2) is 11.2 Å². The van der Waals surface area contributed by atoms with Crippen molar-refractivity contribution < 1.29 is 68.2 Å². The number of amides is 1. The van der Waals surface area contributed by atoms with E-state index in [1.165, 1.54) is 18.3 Å². The van der Waals surface area contributed by atoms with Gasteiger partial charge in [-0.1, -0.05) is 6.07 Å². The first-order valence-corrected chi connectivity index (χ1v) is 25.4. The SMILES string of the molecule is Nc1nc2ncc(CNc3ccc(C(=O)N[C@@H](CCC(=O)CCCCOCCOCCOCCCCC(=O)CCC(C(=O)[O-])N4CCN(CC(=O)[O-])CCN(CC(=O)[O-])Cc5cccc(n5)C4)C(=O)O)cc3)nc2c(=O)[nH]1. The van der Waals surface area contributed by atoms with Crippen LogP contribution in [0.4, 0.5) is 11.6 Å². The van der Waals surface area contributed by atoms with Gasteiger partial charge in [-0.05, 0) is 74.9 Å². The highest BCUT2D eigenvalue weighted by atomic mass is 16.5. The monoisotopic (exact) mass is 1070 g/mol. The Morgan fingerprint density at radius 1 is 0.701 bits per heavy atom. The van der Waals surface area contributed by atoms with Crippen molar-refractivity contribution in [3.05, 3.63) is 81.7 Å². The van der Waals surface area contributed by atoms with E-state index in [1.54, 1.807) is 45.0 Å². The normalized spacial score (nSPS) is 14.4. The average molecular weight is 1070 g/mol. The van der Waals surface area contributed by atoms with Crippen LogP contribution in [0.5, 0.6) is 0 Å². The summed E-state index contributed by atoms with van der Waals surface area (Å²) < 4.78 is 16.7. The number of benzene rings is 1. The van der Waals surface area contributed by atoms with E-state index in [0.717, 1.165) is 0 Å². The molecule has 0 saturated heterocycles. The maximum Gasteiger partial charge on any atom is 0.326 e. The van der Waals surface area contributed by atoms with Gasteiger partial charge in [-0.2, -0.15) is 4.98 Å². The third-order valence-corrected chi connectivity index (χ3v) is 12.3. The van der Waals surface area contributed by atoms with Crippen LogP contribution in [0.2, 0.25) is 0 Å². The Hall–Kier alpha value is -7.36. The van der Waals surface area contributed by atoms with Crippen LogP contribution in [-0.2, 0) is 62.6 Å². The molecule has 26 heteroatoms. The second kappa shape index (κ2) is 32.3. The van der Waals surface area contributed by atoms with E-state index in [9.17, 15) is 58.8 Å². The van der Waals surface area contributed by atoms with Crippen LogP contribution in [-0.4, -0.2) is 177 Å². The number of rotatable bonds is 34. The largest absolute Gasteiger partial charge is 0.549 e. The first kappa shape index (κ1) is 60.5. The number of hydrogen-bond acceptors (Lipinski definition) is 23. The summed E-state index contributed by atoms with van der Waals surface area (Å²) in [5.41, 5.74) is 7.55. The molecule has 77 heavy (non-hydrogen) atoms. The predicted molar refractivity (Wildman–Crippen MR) is 269 cm³/mol. The highest BCUT2D eigenvalue weighted by molar-refractivity contribution is 5.97. The fourth-order valence-electron chi connectivity index (χ4n) is 8.27. The third-order valence-electron chi connectivity index (χ3n) is 12.3. The number of nitrogens with two attached hydrogens (primary N) is 1. The number of aromatic nitrogens is 5. The Morgan fingerprint density at radius 3 is 1.91 bits per heavy atom. The first-order chi connectivity index (χ1) is 37.0. The smallest absolute Gasteiger partial charge is 0.326 e. The van der Waals surface area contributed by atoms with Gasteiger partial charge in [-0.15, -0.1) is 0 Å². The van der Waals surface area contributed by atoms with E-state index in [2.05, 4.69) is 35.6 Å². The van der Waals surface area contributed by atoms with E-state index >= 15 is 0 Å². The number of carbonyl (C=O) groups is 7. The number of aromatic amines is 1. The summed E-state index contributed by atoms with van der Waals surface area (Å²) in [6.07, 6.45) is 4.09. The molecule has 1 amide bonds. The van der Waals surface area contributed by atoms with E-state index in [0.29, 0.717) is 88.1 Å². The van der Waals surface area contributed by atoms with Crippen molar-refractivity contribution in [1.82, 2.24) is 44.9 Å². The maximum atomic E-state index is 12.9. The second-order valence-electron chi connectivity index (χ2n) is 18.3. The molecule has 0 fully saturated rings. The summed E-state index contributed by atoms with van der Waals surface area (Å²) in [5.74, 6) is -6.18. The lowest BCUT2D eigenvalue weighted by molar-refractivity contribution is -0.313. The van der Waals surface area contributed by atoms with Crippen LogP contribution >= 0.6 is 0 Å². The molecular weight excluding hydrogens is 1010 g/mol. The lowest BCUT2D eigenvalue weighted by Crippen LogP contribution is -2.52. The van der Waals surface area contributed by atoms with Crippen molar-refractivity contribution in [2.75, 3.05) is 90.0 Å². The topological polar surface area (TPSA) is 381 Å². The minimum atomic E-state index is -1.37. The number of nitrogens with zero attached hydrogens (tertiary/aromatic N) is 7. The number of carboxylic acids is 4. The summed E-state index contributed by atoms with van der Waals surface area (Å²) in [4.78, 5) is 122. The standard InChI is InChI=1S/C51H69N11O15/c52-51-58-46-45(48(70)59-51)56-38(29-54-46)28-53-35-12-10-34(11-13-35)47(69)57-41(49(71)72)16-14-39(63)8-1-3-22-75-24-26-77-27-25-76-23-4-2-9-40(64)15-17-42(50(73)74)62-21-20-60(32-43(65)66)18-19-61(33-44(67)68)30-36-6-5-7-37(31-62)55-36/h5-7,10-13,29,41-42,53H,1-4,8-9,14-28,30-33H2,(H,57,69)(H,65,66)(H,67,68)(H,71,72)(H,73,74)(H3,52,54,58,59,70)/p-3/t41-,42?/m0/s1. The number of carboxylic acid groups (broad SMARTS) is 4. The fourth-order valence-corrected chi connectivity index (χ4v) is 8.27. The number of ketones is 2. The molecule has 1 aromatic carbocycles. The number of anilines is 2. The van der Waals surface area contributed by atoms with Gasteiger partial charge in [0.05, 0.1) is 80.2 Å². The number of hydrogen-bond donors (Lipinski definition) is 5. The summed E-state index contributed by atoms with van der Waals surface area (Å²) >= 11 is 0. The maximum absolute atomic E-state index is 12.9. The van der Waals surface area contributed by atoms with Gasteiger partial charge in [0.1, 0.15) is 17.6 Å². The van der Waals surface area contributed by atoms with Gasteiger partial charge in [0.2, 0.25) is 5.95 Å². The van der Waals surface area contributed by atoms with Crippen molar-refractivity contribution >= 4 is 64.2 Å². The summed E-state index contributed by atoms with van der Waals surface area (Å²) in [6.45, 7) is 2.31. The summed E-state index contributed by atoms with van der Waals surface area (Å²) in [7, 11) is 0. The molecular formula is C51H66N11O15-3. The highest BCUT2D eigenvalue weighted by Crippen LogP contribution is 2.17. The molecule has 5 rings (SSSR count). The van der Waals surface area contributed by atoms with Crippen LogP contribution in [0.15, 0.2) is 53.5 Å². The van der Waals surface area contributed by atoms with Gasteiger partial charge in [-0.25, -0.2) is 14.8 Å². The van der Waals surface area contributed by atoms with Gasteiger partial charge < -0.3 is 65.4 Å². The van der Waals surface area contributed by atoms with Gasteiger partial charge in [0, 0.05) is 103 Å². The van der Waals surface area contributed by atoms with Gasteiger partial charge >= 0.3 is 5.97 Å². The average Bonchev–Trinajstić information content (AvgIpc) is 3.38. The molecule has 418 valence electrons. The van der Waals surface area contributed by atoms with Gasteiger partial charge in [0.25, 0.3) is 11.5 Å². The summed E-state index contributed by atoms with van der Waals surface area (Å²) in [6, 6.07) is 9.03. The van der Waals surface area contributed by atoms with E-state index in [4.69, 9.17) is 19.9 Å². The minimum Gasteiger partial charge on any atom is -0.549 e. The molecule has 0 radical (unpaired) electrons. The number of nitrogen functional groups attached to an aromatic ring is 1. The lowest BCUT2D eigenvalue weighted by Gasteiger charge is -2.35. The zero-order valence-electron chi connectivity index (χ0n) is 42.8. The van der Waals surface area contributed by atoms with Crippen LogP contribution in [0, 0.1) is 0 Å². The van der Waals surface area contributed by atoms with Crippen LogP contribution in [0.1, 0.15) is 91.6 Å². The number of carbonyl (C=O) groups excluding carboxylic acids is 6. The van der Waals surface area contributed by atoms with Crippen molar-refractivity contribution in [3.63, 3.8) is 0 Å². The summed E-state index contributed by atoms with van der Waals surface area (Å²) in [5, 5.41) is 50.7. The molecule has 4 heterocycles. The van der Waals surface area contributed by atoms with E-state index in [-0.39, 0.29) is 125 Å². The Morgan fingerprint density at radius 2 is 1.29 bits per heavy atom. The second-order valence-corrected chi connectivity index (χ2v) is 18.3. The molecule has 26 nitrogen and oxygen atoms in total. The number of unbranched alkanes of at least 4 members (excludes halogenated alkanes) is 2. The van der Waals surface area contributed by atoms with Crippen LogP contribution in [0.25, 0.3) is 11.2 Å². The number of Topliss-reactive ketones (excluding diaryl/α,β-unsaturated/α-hetero) is 2. The van der Waals surface area contributed by atoms with Crippen molar-refractivity contribution in [2.24, 2.45) is 0 Å². The number of ether oxygens (including phenoxy) is 3. The minimum absolute atomic E-state index is 0.00873. The van der Waals surface area contributed by atoms with Crippen molar-refractivity contribution in [2.45, 2.75) is 95.9 Å². The van der Waals surface area contributed by atoms with E-state index in [1.807, 2.05) is 0 Å². The van der Waals surface area contributed by atoms with Crippen LogP contribution < -0.4 is 37.2 Å². The quantitative estimate of drug-likeness (QED) is 0.0310. The number of pyridine rings is 1. The molecule has 6 N–H and O–H groups in total. The zero-order chi connectivity index (χ0) is 55.5. The molecule has 3 aromatic heterocycles.